The van der Waals surface area contributed by atoms with Crippen LogP contribution in [0, 0.1) is 0 Å². The van der Waals surface area contributed by atoms with Crippen LogP contribution < -0.4 is 30.9 Å². The first-order valence-electron chi connectivity index (χ1n) is 17.6. The number of hydrogen-bond donors (Lipinski definition) is 4. The fraction of sp³-hybridized carbons (Fsp3) is 0.361. The Morgan fingerprint density at radius 1 is 0.963 bits per heavy atom. The zero-order chi connectivity index (χ0) is 37.9. The molecule has 1 atom stereocenters. The first-order chi connectivity index (χ1) is 26.1. The fourth-order valence-corrected chi connectivity index (χ4v) is 6.90. The zero-order valence-corrected chi connectivity index (χ0v) is 30.1. The van der Waals surface area contributed by atoms with E-state index in [9.17, 15) is 24.0 Å². The highest BCUT2D eigenvalue weighted by atomic mass is 16.5. The van der Waals surface area contributed by atoms with Crippen LogP contribution in [0.2, 0.25) is 0 Å². The summed E-state index contributed by atoms with van der Waals surface area (Å²) in [7, 11) is 4.87. The number of carbonyl (C=O) groups excluding carboxylic acids is 5. The summed E-state index contributed by atoms with van der Waals surface area (Å²) in [6.45, 7) is 4.51. The number of imide groups is 2. The Hall–Kier alpha value is -6.43. The molecule has 0 bridgehead atoms. The summed E-state index contributed by atoms with van der Waals surface area (Å²) in [4.78, 5) is 72.9. The second-order valence-corrected chi connectivity index (χ2v) is 13.1. The summed E-state index contributed by atoms with van der Waals surface area (Å²) in [5.41, 5.74) is 3.21. The van der Waals surface area contributed by atoms with Crippen molar-refractivity contribution >= 4 is 52.4 Å². The van der Waals surface area contributed by atoms with Crippen molar-refractivity contribution in [1.82, 2.24) is 45.4 Å². The van der Waals surface area contributed by atoms with Gasteiger partial charge in [0.15, 0.2) is 23.1 Å². The number of hydrogen-bond acceptors (Lipinski definition) is 14. The predicted molar refractivity (Wildman–Crippen MR) is 197 cm³/mol. The second kappa shape index (κ2) is 15.3. The Kier molecular flexibility index (Phi) is 10.2. The number of amides is 5. The molecular formula is C36H40N12O6. The maximum atomic E-state index is 13.3. The number of nitrogens with one attached hydrogen (secondary N) is 4. The van der Waals surface area contributed by atoms with E-state index in [1.54, 1.807) is 43.4 Å². The fourth-order valence-electron chi connectivity index (χ4n) is 6.90. The Balaban J connectivity index is 0.935. The summed E-state index contributed by atoms with van der Waals surface area (Å²) in [5.74, 6) is -0.952. The summed E-state index contributed by atoms with van der Waals surface area (Å²) in [6, 6.07) is 11.5. The van der Waals surface area contributed by atoms with Gasteiger partial charge in [-0.3, -0.25) is 43.8 Å². The standard InChI is InChI=1S/C36H40N12O6/c1-37-34(51)30-26(40-25-7-4-6-23(31(25)54-3)32-39-20-45(2)44-32)19-28(42-43-30)38-12-5-13-46-14-16-47(17-15-46)21-8-9-22-24(18-21)36(53)48(35(22)52)27-10-11-29(49)41-33(27)50/h4,6-9,18-20,27H,5,10-17H2,1-3H3,(H,37,51)(H2,38,40,42)(H,41,49,50). The van der Waals surface area contributed by atoms with Crippen LogP contribution in [-0.2, 0) is 16.6 Å². The molecule has 18 nitrogen and oxygen atoms in total. The molecule has 1 unspecified atom stereocenters. The van der Waals surface area contributed by atoms with Gasteiger partial charge in [0.2, 0.25) is 11.8 Å². The summed E-state index contributed by atoms with van der Waals surface area (Å²) in [6.07, 6.45) is 2.62. The van der Waals surface area contributed by atoms with E-state index in [0.717, 1.165) is 49.7 Å². The third kappa shape index (κ3) is 7.14. The molecule has 0 aliphatic carbocycles. The third-order valence-electron chi connectivity index (χ3n) is 9.68. The van der Waals surface area contributed by atoms with Gasteiger partial charge in [-0.25, -0.2) is 4.98 Å². The number of carbonyl (C=O) groups is 5. The number of piperidine rings is 1. The van der Waals surface area contributed by atoms with E-state index in [2.05, 4.69) is 51.3 Å². The van der Waals surface area contributed by atoms with Gasteiger partial charge in [-0.1, -0.05) is 6.07 Å². The lowest BCUT2D eigenvalue weighted by molar-refractivity contribution is -0.136. The molecule has 3 aliphatic rings. The first kappa shape index (κ1) is 36.0. The summed E-state index contributed by atoms with van der Waals surface area (Å²) >= 11 is 0. The molecule has 5 amide bonds. The van der Waals surface area contributed by atoms with E-state index in [4.69, 9.17) is 4.74 Å². The molecule has 54 heavy (non-hydrogen) atoms. The molecule has 4 N–H and O–H groups in total. The molecule has 0 spiro atoms. The van der Waals surface area contributed by atoms with E-state index in [0.29, 0.717) is 40.9 Å². The number of fused-ring (bicyclic) bond motifs is 1. The number of piperazine rings is 1. The second-order valence-electron chi connectivity index (χ2n) is 13.1. The van der Waals surface area contributed by atoms with Crippen molar-refractivity contribution in [1.29, 1.82) is 0 Å². The normalized spacial score (nSPS) is 17.4. The number of methoxy groups -OCH3 is 1. The van der Waals surface area contributed by atoms with Gasteiger partial charge < -0.3 is 25.6 Å². The number of aromatic nitrogens is 5. The van der Waals surface area contributed by atoms with Crippen LogP contribution in [0.4, 0.5) is 22.9 Å². The molecule has 280 valence electrons. The Morgan fingerprint density at radius 2 is 1.76 bits per heavy atom. The largest absolute Gasteiger partial charge is 0.494 e. The molecule has 7 rings (SSSR count). The van der Waals surface area contributed by atoms with Crippen LogP contribution in [0.1, 0.15) is 50.5 Å². The van der Waals surface area contributed by atoms with E-state index < -0.39 is 35.6 Å². The number of benzene rings is 2. The van der Waals surface area contributed by atoms with Gasteiger partial charge in [0.25, 0.3) is 17.7 Å². The molecule has 4 aromatic rings. The van der Waals surface area contributed by atoms with Gasteiger partial charge in [-0.15, -0.1) is 10.2 Å². The van der Waals surface area contributed by atoms with Gasteiger partial charge in [-0.05, 0) is 49.7 Å². The molecule has 2 saturated heterocycles. The van der Waals surface area contributed by atoms with Crippen molar-refractivity contribution < 1.29 is 28.7 Å². The highest BCUT2D eigenvalue weighted by Gasteiger charge is 2.44. The molecule has 2 fully saturated rings. The van der Waals surface area contributed by atoms with Gasteiger partial charge in [0, 0.05) is 65.0 Å². The average molecular weight is 737 g/mol. The SMILES string of the molecule is CNC(=O)c1nnc(NCCCN2CCN(c3ccc4c(c3)C(=O)N(C3CCC(=O)NC3=O)C4=O)CC2)cc1Nc1cccc(-c2ncn(C)n2)c1OC. The van der Waals surface area contributed by atoms with Gasteiger partial charge >= 0.3 is 0 Å². The van der Waals surface area contributed by atoms with Crippen LogP contribution in [0.3, 0.4) is 0 Å². The third-order valence-corrected chi connectivity index (χ3v) is 9.68. The molecule has 0 radical (unpaired) electrons. The predicted octanol–water partition coefficient (Wildman–Crippen LogP) is 1.41. The molecule has 18 heteroatoms. The lowest BCUT2D eigenvalue weighted by Crippen LogP contribution is -2.54. The number of aryl methyl sites for hydroxylation is 1. The monoisotopic (exact) mass is 736 g/mol. The quantitative estimate of drug-likeness (QED) is 0.120. The van der Waals surface area contributed by atoms with Gasteiger partial charge in [-0.2, -0.15) is 5.10 Å². The minimum absolute atomic E-state index is 0.0756. The lowest BCUT2D eigenvalue weighted by Gasteiger charge is -2.36. The number of nitrogens with zero attached hydrogens (tertiary/aromatic N) is 8. The lowest BCUT2D eigenvalue weighted by atomic mass is 10.0. The molecule has 3 aliphatic heterocycles. The van der Waals surface area contributed by atoms with Crippen molar-refractivity contribution in [3.05, 3.63) is 65.6 Å². The van der Waals surface area contributed by atoms with Crippen molar-refractivity contribution in [3.8, 4) is 17.1 Å². The smallest absolute Gasteiger partial charge is 0.273 e. The first-order valence-corrected chi connectivity index (χ1v) is 17.6. The van der Waals surface area contributed by atoms with E-state index >= 15 is 0 Å². The van der Waals surface area contributed by atoms with E-state index in [-0.39, 0.29) is 29.7 Å². The molecular weight excluding hydrogens is 696 g/mol. The maximum Gasteiger partial charge on any atom is 0.273 e. The molecule has 0 saturated carbocycles. The minimum atomic E-state index is -0.993. The Morgan fingerprint density at radius 3 is 2.48 bits per heavy atom. The molecule has 5 heterocycles. The van der Waals surface area contributed by atoms with Crippen LogP contribution in [-0.4, -0.2) is 124 Å². The van der Waals surface area contributed by atoms with Crippen molar-refractivity contribution in [2.24, 2.45) is 7.05 Å². The Bertz CT molecular complexity index is 2130. The number of para-hydroxylation sites is 1. The number of anilines is 4. The Labute approximate surface area is 310 Å². The van der Waals surface area contributed by atoms with Crippen LogP contribution >= 0.6 is 0 Å². The van der Waals surface area contributed by atoms with Gasteiger partial charge in [0.1, 0.15) is 12.4 Å². The minimum Gasteiger partial charge on any atom is -0.494 e. The topological polar surface area (TPSA) is 209 Å². The summed E-state index contributed by atoms with van der Waals surface area (Å²) in [5, 5.41) is 24.3. The average Bonchev–Trinajstić information content (AvgIpc) is 3.72. The van der Waals surface area contributed by atoms with Crippen molar-refractivity contribution in [2.75, 3.05) is 69.0 Å². The molecule has 2 aromatic heterocycles. The highest BCUT2D eigenvalue weighted by molar-refractivity contribution is 6.23. The highest BCUT2D eigenvalue weighted by Crippen LogP contribution is 2.37. The number of ether oxygens (including phenoxy) is 1. The van der Waals surface area contributed by atoms with Crippen LogP contribution in [0.5, 0.6) is 5.75 Å². The van der Waals surface area contributed by atoms with Crippen molar-refractivity contribution in [2.45, 2.75) is 25.3 Å². The van der Waals surface area contributed by atoms with E-state index in [1.807, 2.05) is 24.3 Å². The van der Waals surface area contributed by atoms with Crippen LogP contribution in [0.15, 0.2) is 48.8 Å². The van der Waals surface area contributed by atoms with Gasteiger partial charge in [0.05, 0.1) is 35.2 Å². The van der Waals surface area contributed by atoms with E-state index in [1.165, 1.54) is 7.05 Å². The summed E-state index contributed by atoms with van der Waals surface area (Å²) < 4.78 is 7.34. The number of rotatable bonds is 12. The maximum absolute atomic E-state index is 13.3. The zero-order valence-electron chi connectivity index (χ0n) is 30.1. The molecule has 2 aromatic carbocycles. The van der Waals surface area contributed by atoms with Crippen molar-refractivity contribution in [3.63, 3.8) is 0 Å². The van der Waals surface area contributed by atoms with Crippen LogP contribution in [0.25, 0.3) is 11.4 Å².